The minimum Gasteiger partial charge on any atom is -0.352 e. The summed E-state index contributed by atoms with van der Waals surface area (Å²) in [6.45, 7) is 8.12. The molecule has 0 saturated carbocycles. The van der Waals surface area contributed by atoms with Crippen molar-refractivity contribution in [2.24, 2.45) is 5.92 Å². The number of ether oxygens (including phenoxy) is 2. The molecule has 90 valence electrons. The minimum atomic E-state index is 0.0343. The van der Waals surface area contributed by atoms with Gasteiger partial charge in [0.1, 0.15) is 0 Å². The average molecular weight is 215 g/mol. The van der Waals surface area contributed by atoms with Gasteiger partial charge in [0, 0.05) is 19.1 Å². The van der Waals surface area contributed by atoms with Gasteiger partial charge in [0.15, 0.2) is 6.29 Å². The summed E-state index contributed by atoms with van der Waals surface area (Å²) in [7, 11) is 0. The van der Waals surface area contributed by atoms with E-state index in [2.05, 4.69) is 19.2 Å². The highest BCUT2D eigenvalue weighted by molar-refractivity contribution is 4.71. The Bertz CT molecular complexity index is 139. The molecular formula is C12H25NO2. The third-order valence-electron chi connectivity index (χ3n) is 2.74. The van der Waals surface area contributed by atoms with Crippen molar-refractivity contribution in [2.75, 3.05) is 26.3 Å². The van der Waals surface area contributed by atoms with Gasteiger partial charge >= 0.3 is 0 Å². The van der Waals surface area contributed by atoms with Crippen LogP contribution in [0.5, 0.6) is 0 Å². The first-order valence-corrected chi connectivity index (χ1v) is 6.32. The van der Waals surface area contributed by atoms with Crippen molar-refractivity contribution in [2.45, 2.75) is 45.8 Å². The van der Waals surface area contributed by atoms with Gasteiger partial charge in [-0.25, -0.2) is 0 Å². The first-order chi connectivity index (χ1) is 7.38. The number of rotatable bonds is 7. The SMILES string of the molecule is CCCOC(OCCC)C1CCNCC1. The van der Waals surface area contributed by atoms with Crippen LogP contribution >= 0.6 is 0 Å². The monoisotopic (exact) mass is 215 g/mol. The molecule has 0 aliphatic carbocycles. The summed E-state index contributed by atoms with van der Waals surface area (Å²) in [5, 5.41) is 3.37. The molecule has 0 aromatic heterocycles. The molecule has 0 aromatic rings. The molecule has 3 nitrogen and oxygen atoms in total. The summed E-state index contributed by atoms with van der Waals surface area (Å²) in [4.78, 5) is 0. The third-order valence-corrected chi connectivity index (χ3v) is 2.74. The van der Waals surface area contributed by atoms with Gasteiger partial charge in [-0.1, -0.05) is 13.8 Å². The van der Waals surface area contributed by atoms with E-state index >= 15 is 0 Å². The summed E-state index contributed by atoms with van der Waals surface area (Å²) in [5.41, 5.74) is 0. The Kier molecular flexibility index (Phi) is 6.98. The van der Waals surface area contributed by atoms with E-state index in [1.165, 1.54) is 12.8 Å². The second kappa shape index (κ2) is 8.08. The van der Waals surface area contributed by atoms with Gasteiger partial charge in [-0.05, 0) is 38.8 Å². The zero-order chi connectivity index (χ0) is 10.9. The minimum absolute atomic E-state index is 0.0343. The maximum atomic E-state index is 5.78. The second-order valence-electron chi connectivity index (χ2n) is 4.20. The largest absolute Gasteiger partial charge is 0.352 e. The lowest BCUT2D eigenvalue weighted by atomic mass is 9.97. The van der Waals surface area contributed by atoms with E-state index in [1.807, 2.05) is 0 Å². The van der Waals surface area contributed by atoms with E-state index in [1.54, 1.807) is 0 Å². The molecule has 0 unspecified atom stereocenters. The Labute approximate surface area is 93.5 Å². The van der Waals surface area contributed by atoms with E-state index in [4.69, 9.17) is 9.47 Å². The van der Waals surface area contributed by atoms with Crippen molar-refractivity contribution in [1.29, 1.82) is 0 Å². The zero-order valence-electron chi connectivity index (χ0n) is 10.1. The summed E-state index contributed by atoms with van der Waals surface area (Å²) >= 11 is 0. The van der Waals surface area contributed by atoms with Crippen molar-refractivity contribution in [3.05, 3.63) is 0 Å². The standard InChI is InChI=1S/C12H25NO2/c1-3-9-14-12(15-10-4-2)11-5-7-13-8-6-11/h11-13H,3-10H2,1-2H3. The molecule has 0 bridgehead atoms. The molecule has 15 heavy (non-hydrogen) atoms. The lowest BCUT2D eigenvalue weighted by Gasteiger charge is -2.30. The highest BCUT2D eigenvalue weighted by Crippen LogP contribution is 2.20. The van der Waals surface area contributed by atoms with Crippen LogP contribution in [0.2, 0.25) is 0 Å². The van der Waals surface area contributed by atoms with Crippen LogP contribution in [0, 0.1) is 5.92 Å². The molecule has 1 aliphatic heterocycles. The molecule has 0 atom stereocenters. The maximum Gasteiger partial charge on any atom is 0.160 e. The Morgan fingerprint density at radius 2 is 1.60 bits per heavy atom. The number of hydrogen-bond donors (Lipinski definition) is 1. The summed E-state index contributed by atoms with van der Waals surface area (Å²) in [5.74, 6) is 0.587. The molecule has 0 spiro atoms. The molecule has 3 heteroatoms. The lowest BCUT2D eigenvalue weighted by Crippen LogP contribution is -2.37. The molecule has 1 aliphatic rings. The van der Waals surface area contributed by atoms with E-state index in [0.717, 1.165) is 39.1 Å². The Morgan fingerprint density at radius 1 is 1.07 bits per heavy atom. The molecule has 1 fully saturated rings. The predicted octanol–water partition coefficient (Wildman–Crippen LogP) is 2.17. The Hall–Kier alpha value is -0.120. The molecule has 1 N–H and O–H groups in total. The van der Waals surface area contributed by atoms with Gasteiger partial charge in [-0.15, -0.1) is 0 Å². The zero-order valence-corrected chi connectivity index (χ0v) is 10.1. The third kappa shape index (κ3) is 4.96. The first-order valence-electron chi connectivity index (χ1n) is 6.32. The Balaban J connectivity index is 2.30. The molecule has 0 aromatic carbocycles. The second-order valence-corrected chi connectivity index (χ2v) is 4.20. The van der Waals surface area contributed by atoms with Gasteiger partial charge in [0.25, 0.3) is 0 Å². The summed E-state index contributed by atoms with van der Waals surface area (Å²) in [6, 6.07) is 0. The maximum absolute atomic E-state index is 5.78. The van der Waals surface area contributed by atoms with E-state index < -0.39 is 0 Å². The first kappa shape index (κ1) is 12.9. The van der Waals surface area contributed by atoms with Crippen LogP contribution in [0.4, 0.5) is 0 Å². The highest BCUT2D eigenvalue weighted by atomic mass is 16.7. The van der Waals surface area contributed by atoms with Crippen molar-refractivity contribution >= 4 is 0 Å². The van der Waals surface area contributed by atoms with Crippen LogP contribution in [-0.2, 0) is 9.47 Å². The fraction of sp³-hybridized carbons (Fsp3) is 1.00. The quantitative estimate of drug-likeness (QED) is 0.660. The fourth-order valence-electron chi connectivity index (χ4n) is 1.90. The van der Waals surface area contributed by atoms with E-state index in [9.17, 15) is 0 Å². The topological polar surface area (TPSA) is 30.5 Å². The highest BCUT2D eigenvalue weighted by Gasteiger charge is 2.24. The van der Waals surface area contributed by atoms with Crippen LogP contribution in [0.25, 0.3) is 0 Å². The van der Waals surface area contributed by atoms with Crippen LogP contribution < -0.4 is 5.32 Å². The van der Waals surface area contributed by atoms with Gasteiger partial charge in [0.2, 0.25) is 0 Å². The Morgan fingerprint density at radius 3 is 2.07 bits per heavy atom. The smallest absolute Gasteiger partial charge is 0.160 e. The number of hydrogen-bond acceptors (Lipinski definition) is 3. The van der Waals surface area contributed by atoms with Gasteiger partial charge in [-0.2, -0.15) is 0 Å². The van der Waals surface area contributed by atoms with E-state index in [0.29, 0.717) is 5.92 Å². The summed E-state index contributed by atoms with van der Waals surface area (Å²) < 4.78 is 11.6. The van der Waals surface area contributed by atoms with Crippen LogP contribution in [0.15, 0.2) is 0 Å². The molecule has 1 rings (SSSR count). The van der Waals surface area contributed by atoms with Crippen molar-refractivity contribution in [3.63, 3.8) is 0 Å². The lowest BCUT2D eigenvalue weighted by molar-refractivity contribution is -0.176. The average Bonchev–Trinajstić information content (AvgIpc) is 2.30. The summed E-state index contributed by atoms with van der Waals surface area (Å²) in [6.07, 6.45) is 4.52. The van der Waals surface area contributed by atoms with Gasteiger partial charge in [-0.3, -0.25) is 0 Å². The molecule has 0 amide bonds. The molecular weight excluding hydrogens is 190 g/mol. The van der Waals surface area contributed by atoms with Gasteiger partial charge < -0.3 is 14.8 Å². The number of piperidine rings is 1. The fourth-order valence-corrected chi connectivity index (χ4v) is 1.90. The van der Waals surface area contributed by atoms with Crippen molar-refractivity contribution in [3.8, 4) is 0 Å². The van der Waals surface area contributed by atoms with Crippen molar-refractivity contribution < 1.29 is 9.47 Å². The van der Waals surface area contributed by atoms with E-state index in [-0.39, 0.29) is 6.29 Å². The van der Waals surface area contributed by atoms with Gasteiger partial charge in [0.05, 0.1) is 0 Å². The van der Waals surface area contributed by atoms with Crippen LogP contribution in [-0.4, -0.2) is 32.6 Å². The number of nitrogens with one attached hydrogen (secondary N) is 1. The molecule has 1 saturated heterocycles. The normalized spacial score (nSPS) is 18.6. The van der Waals surface area contributed by atoms with Crippen molar-refractivity contribution in [1.82, 2.24) is 5.32 Å². The molecule has 1 heterocycles. The van der Waals surface area contributed by atoms with Crippen LogP contribution in [0.1, 0.15) is 39.5 Å². The van der Waals surface area contributed by atoms with Crippen LogP contribution in [0.3, 0.4) is 0 Å². The predicted molar refractivity (Wildman–Crippen MR) is 61.9 cm³/mol. The molecule has 0 radical (unpaired) electrons.